The van der Waals surface area contributed by atoms with Crippen molar-refractivity contribution >= 4 is 11.6 Å². The van der Waals surface area contributed by atoms with Crippen LogP contribution in [0.2, 0.25) is 0 Å². The van der Waals surface area contributed by atoms with Crippen LogP contribution >= 0.6 is 0 Å². The maximum atomic E-state index is 13.0. The Morgan fingerprint density at radius 1 is 1.30 bits per heavy atom. The Kier molecular flexibility index (Phi) is 4.50. The minimum Gasteiger partial charge on any atom is -0.383 e. The van der Waals surface area contributed by atoms with E-state index in [4.69, 9.17) is 5.73 Å². The lowest BCUT2D eigenvalue weighted by molar-refractivity contribution is 0.625. The van der Waals surface area contributed by atoms with Crippen LogP contribution in [-0.2, 0) is 12.8 Å². The van der Waals surface area contributed by atoms with Crippen molar-refractivity contribution in [2.24, 2.45) is 0 Å². The molecule has 1 aromatic carbocycles. The number of nitrogens with zero attached hydrogens (tertiary/aromatic N) is 2. The number of nitrogens with two attached hydrogens (primary N) is 1. The normalized spacial score (nSPS) is 10.6. The zero-order chi connectivity index (χ0) is 14.5. The standard InChI is InChI=1S/C15H19FN4/c1-3-13-14(17)19-9-20-15(13)18-7-6-11-4-5-12(16)8-10(11)2/h4-5,8-9H,3,6-7H2,1-2H3,(H3,17,18,19,20). The largest absolute Gasteiger partial charge is 0.383 e. The molecule has 1 aromatic heterocycles. The second-order valence-electron chi connectivity index (χ2n) is 4.69. The Balaban J connectivity index is 2.01. The van der Waals surface area contributed by atoms with Gasteiger partial charge in [-0.3, -0.25) is 0 Å². The lowest BCUT2D eigenvalue weighted by Gasteiger charge is -2.11. The highest BCUT2D eigenvalue weighted by atomic mass is 19.1. The molecule has 0 aliphatic rings. The van der Waals surface area contributed by atoms with E-state index in [1.54, 1.807) is 6.07 Å². The first kappa shape index (κ1) is 14.2. The lowest BCUT2D eigenvalue weighted by atomic mass is 10.1. The van der Waals surface area contributed by atoms with Crippen LogP contribution < -0.4 is 11.1 Å². The van der Waals surface area contributed by atoms with Crippen LogP contribution in [0.5, 0.6) is 0 Å². The third-order valence-electron chi connectivity index (χ3n) is 3.32. The second-order valence-corrected chi connectivity index (χ2v) is 4.69. The Morgan fingerprint density at radius 3 is 2.80 bits per heavy atom. The molecular weight excluding hydrogens is 255 g/mol. The molecule has 0 aliphatic carbocycles. The molecule has 1 heterocycles. The van der Waals surface area contributed by atoms with Gasteiger partial charge in [-0.05, 0) is 43.0 Å². The van der Waals surface area contributed by atoms with Crippen LogP contribution in [-0.4, -0.2) is 16.5 Å². The third kappa shape index (κ3) is 3.23. The summed E-state index contributed by atoms with van der Waals surface area (Å²) in [4.78, 5) is 8.20. The highest BCUT2D eigenvalue weighted by Crippen LogP contribution is 2.18. The van der Waals surface area contributed by atoms with Crippen molar-refractivity contribution in [1.29, 1.82) is 0 Å². The van der Waals surface area contributed by atoms with Gasteiger partial charge in [0.1, 0.15) is 23.8 Å². The van der Waals surface area contributed by atoms with Gasteiger partial charge in [0.25, 0.3) is 0 Å². The minimum absolute atomic E-state index is 0.198. The van der Waals surface area contributed by atoms with Gasteiger partial charge in [0.05, 0.1) is 0 Å². The Labute approximate surface area is 118 Å². The first-order chi connectivity index (χ1) is 9.61. The van der Waals surface area contributed by atoms with E-state index < -0.39 is 0 Å². The number of aromatic nitrogens is 2. The number of nitrogens with one attached hydrogen (secondary N) is 1. The predicted molar refractivity (Wildman–Crippen MR) is 79.2 cm³/mol. The highest BCUT2D eigenvalue weighted by Gasteiger charge is 2.07. The maximum absolute atomic E-state index is 13.0. The molecule has 0 unspecified atom stereocenters. The Morgan fingerprint density at radius 2 is 2.10 bits per heavy atom. The molecule has 0 spiro atoms. The predicted octanol–water partition coefficient (Wildman–Crippen LogP) is 2.72. The van der Waals surface area contributed by atoms with Crippen molar-refractivity contribution in [3.63, 3.8) is 0 Å². The molecule has 0 saturated heterocycles. The van der Waals surface area contributed by atoms with Gasteiger partial charge in [-0.25, -0.2) is 14.4 Å². The average molecular weight is 274 g/mol. The van der Waals surface area contributed by atoms with E-state index >= 15 is 0 Å². The van der Waals surface area contributed by atoms with E-state index in [0.717, 1.165) is 41.9 Å². The van der Waals surface area contributed by atoms with Crippen molar-refractivity contribution in [2.75, 3.05) is 17.6 Å². The van der Waals surface area contributed by atoms with Gasteiger partial charge in [0.15, 0.2) is 0 Å². The smallest absolute Gasteiger partial charge is 0.134 e. The van der Waals surface area contributed by atoms with Gasteiger partial charge in [-0.15, -0.1) is 0 Å². The monoisotopic (exact) mass is 274 g/mol. The van der Waals surface area contributed by atoms with Crippen molar-refractivity contribution in [3.05, 3.63) is 47.0 Å². The summed E-state index contributed by atoms with van der Waals surface area (Å²) in [6.45, 7) is 4.65. The van der Waals surface area contributed by atoms with E-state index in [0.29, 0.717) is 5.82 Å². The zero-order valence-corrected chi connectivity index (χ0v) is 11.8. The number of aryl methyl sites for hydroxylation is 1. The summed E-state index contributed by atoms with van der Waals surface area (Å²) in [6.07, 6.45) is 3.05. The van der Waals surface area contributed by atoms with Crippen molar-refractivity contribution < 1.29 is 4.39 Å². The van der Waals surface area contributed by atoms with E-state index in [9.17, 15) is 4.39 Å². The molecule has 0 amide bonds. The van der Waals surface area contributed by atoms with Gasteiger partial charge < -0.3 is 11.1 Å². The van der Waals surface area contributed by atoms with Crippen LogP contribution in [0.15, 0.2) is 24.5 Å². The summed E-state index contributed by atoms with van der Waals surface area (Å²) in [6, 6.07) is 4.86. The second kappa shape index (κ2) is 6.32. The number of anilines is 2. The molecule has 5 heteroatoms. The summed E-state index contributed by atoms with van der Waals surface area (Å²) < 4.78 is 13.0. The molecule has 0 saturated carbocycles. The first-order valence-electron chi connectivity index (χ1n) is 6.70. The molecule has 20 heavy (non-hydrogen) atoms. The molecular formula is C15H19FN4. The van der Waals surface area contributed by atoms with E-state index in [2.05, 4.69) is 15.3 Å². The van der Waals surface area contributed by atoms with Gasteiger partial charge in [-0.1, -0.05) is 13.0 Å². The molecule has 4 nitrogen and oxygen atoms in total. The number of benzene rings is 1. The molecule has 0 radical (unpaired) electrons. The first-order valence-corrected chi connectivity index (χ1v) is 6.70. The van der Waals surface area contributed by atoms with Crippen molar-refractivity contribution in [2.45, 2.75) is 26.7 Å². The summed E-state index contributed by atoms with van der Waals surface area (Å²) in [5.41, 5.74) is 8.84. The number of halogens is 1. The quantitative estimate of drug-likeness (QED) is 0.880. The van der Waals surface area contributed by atoms with Gasteiger partial charge in [0, 0.05) is 12.1 Å². The minimum atomic E-state index is -0.198. The fourth-order valence-electron chi connectivity index (χ4n) is 2.18. The van der Waals surface area contributed by atoms with Crippen LogP contribution in [0.25, 0.3) is 0 Å². The van der Waals surface area contributed by atoms with E-state index in [-0.39, 0.29) is 5.82 Å². The average Bonchev–Trinajstić information content (AvgIpc) is 2.41. The number of nitrogen functional groups attached to an aromatic ring is 1. The van der Waals surface area contributed by atoms with Crippen molar-refractivity contribution in [1.82, 2.24) is 9.97 Å². The topological polar surface area (TPSA) is 63.8 Å². The zero-order valence-electron chi connectivity index (χ0n) is 11.8. The van der Waals surface area contributed by atoms with E-state index in [1.165, 1.54) is 12.4 Å². The fourth-order valence-corrected chi connectivity index (χ4v) is 2.18. The molecule has 0 atom stereocenters. The number of rotatable bonds is 5. The lowest BCUT2D eigenvalue weighted by Crippen LogP contribution is -2.11. The van der Waals surface area contributed by atoms with Crippen LogP contribution in [0.4, 0.5) is 16.0 Å². The Hall–Kier alpha value is -2.17. The Bertz CT molecular complexity index is 598. The van der Waals surface area contributed by atoms with Crippen molar-refractivity contribution in [3.8, 4) is 0 Å². The van der Waals surface area contributed by atoms with E-state index in [1.807, 2.05) is 19.9 Å². The molecule has 106 valence electrons. The maximum Gasteiger partial charge on any atom is 0.134 e. The number of hydrogen-bond donors (Lipinski definition) is 2. The summed E-state index contributed by atoms with van der Waals surface area (Å²) >= 11 is 0. The SMILES string of the molecule is CCc1c(N)ncnc1NCCc1ccc(F)cc1C. The molecule has 2 aromatic rings. The fraction of sp³-hybridized carbons (Fsp3) is 0.333. The molecule has 0 aliphatic heterocycles. The van der Waals surface area contributed by atoms with Crippen LogP contribution in [0.3, 0.4) is 0 Å². The molecule has 3 N–H and O–H groups in total. The number of hydrogen-bond acceptors (Lipinski definition) is 4. The summed E-state index contributed by atoms with van der Waals surface area (Å²) in [5.74, 6) is 1.10. The highest BCUT2D eigenvalue weighted by molar-refractivity contribution is 5.54. The molecule has 0 fully saturated rings. The molecule has 0 bridgehead atoms. The van der Waals surface area contributed by atoms with Gasteiger partial charge in [0.2, 0.25) is 0 Å². The molecule has 2 rings (SSSR count). The third-order valence-corrected chi connectivity index (χ3v) is 3.32. The summed E-state index contributed by atoms with van der Waals surface area (Å²) in [5, 5.41) is 3.27. The van der Waals surface area contributed by atoms with Gasteiger partial charge >= 0.3 is 0 Å². The van der Waals surface area contributed by atoms with Gasteiger partial charge in [-0.2, -0.15) is 0 Å². The van der Waals surface area contributed by atoms with Crippen LogP contribution in [0.1, 0.15) is 23.6 Å². The van der Waals surface area contributed by atoms with Crippen LogP contribution in [0, 0.1) is 12.7 Å². The summed E-state index contributed by atoms with van der Waals surface area (Å²) in [7, 11) is 0.